The third-order valence-corrected chi connectivity index (χ3v) is 7.65. The van der Waals surface area contributed by atoms with Gasteiger partial charge in [0.15, 0.2) is 5.13 Å². The maximum atomic E-state index is 13.5. The van der Waals surface area contributed by atoms with Crippen LogP contribution in [0.2, 0.25) is 0 Å². The van der Waals surface area contributed by atoms with Gasteiger partial charge in [0.1, 0.15) is 5.56 Å². The van der Waals surface area contributed by atoms with Gasteiger partial charge in [0.2, 0.25) is 0 Å². The van der Waals surface area contributed by atoms with Crippen molar-refractivity contribution in [2.45, 2.75) is 52.3 Å². The molecule has 2 aromatic heterocycles. The number of allylic oxidation sites excluding steroid dienone is 4. The molecule has 12 heteroatoms. The van der Waals surface area contributed by atoms with Gasteiger partial charge in [0.05, 0.1) is 33.8 Å². The van der Waals surface area contributed by atoms with Crippen LogP contribution in [-0.2, 0) is 6.54 Å². The number of carbonyl (C=O) groups excluding carboxylic acids is 2. The molecule has 3 amide bonds. The second kappa shape index (κ2) is 12.1. The molecule has 0 bridgehead atoms. The summed E-state index contributed by atoms with van der Waals surface area (Å²) < 4.78 is 3.91. The number of hydrogen-bond acceptors (Lipinski definition) is 7. The Kier molecular flexibility index (Phi) is 8.83. The van der Waals surface area contributed by atoms with Gasteiger partial charge in [-0.15, -0.1) is 0 Å². The molecule has 0 aliphatic carbocycles. The van der Waals surface area contributed by atoms with E-state index < -0.39 is 17.1 Å². The van der Waals surface area contributed by atoms with Crippen LogP contribution in [-0.4, -0.2) is 62.7 Å². The lowest BCUT2D eigenvalue weighted by atomic mass is 10.1. The van der Waals surface area contributed by atoms with Crippen molar-refractivity contribution < 1.29 is 14.7 Å². The molecule has 1 atom stereocenters. The molecular weight excluding hydrogens is 542 g/mol. The first kappa shape index (κ1) is 29.8. The molecule has 1 aliphatic heterocycles. The van der Waals surface area contributed by atoms with Crippen molar-refractivity contribution in [1.82, 2.24) is 25.0 Å². The van der Waals surface area contributed by atoms with E-state index in [1.807, 2.05) is 25.1 Å². The lowest BCUT2D eigenvalue weighted by molar-refractivity contribution is 0.0548. The summed E-state index contributed by atoms with van der Waals surface area (Å²) in [6.45, 7) is 16.3. The van der Waals surface area contributed by atoms with Crippen LogP contribution in [0.4, 0.5) is 15.6 Å². The van der Waals surface area contributed by atoms with Crippen molar-refractivity contribution in [2.75, 3.05) is 29.9 Å². The fourth-order valence-corrected chi connectivity index (χ4v) is 5.80. The Labute approximate surface area is 242 Å². The van der Waals surface area contributed by atoms with E-state index in [-0.39, 0.29) is 24.2 Å². The van der Waals surface area contributed by atoms with Crippen molar-refractivity contribution >= 4 is 50.0 Å². The number of anilines is 2. The largest absolute Gasteiger partial charge is 0.389 e. The summed E-state index contributed by atoms with van der Waals surface area (Å²) in [4.78, 5) is 45.5. The number of urea groups is 1. The molecule has 0 saturated carbocycles. The Bertz CT molecular complexity index is 1570. The molecule has 1 saturated heterocycles. The predicted octanol–water partition coefficient (Wildman–Crippen LogP) is 3.70. The number of nitrogens with zero attached hydrogens (tertiary/aromatic N) is 4. The zero-order valence-electron chi connectivity index (χ0n) is 23.9. The van der Waals surface area contributed by atoms with Crippen molar-refractivity contribution in [3.8, 4) is 0 Å². The second-order valence-electron chi connectivity index (χ2n) is 10.5. The van der Waals surface area contributed by atoms with Crippen molar-refractivity contribution in [3.63, 3.8) is 0 Å². The van der Waals surface area contributed by atoms with Gasteiger partial charge in [-0.2, -0.15) is 0 Å². The SMILES string of the molecule is C=C/C=C(\C=C)n1c(=O)c(C(=O)N[C@H]2CCN(c3ccc4nc(NC(=O)NCC)sc4c3)C2)c(C)n1CC(C)(C)O. The highest BCUT2D eigenvalue weighted by Crippen LogP contribution is 2.31. The minimum atomic E-state index is -1.13. The number of amides is 3. The van der Waals surface area contributed by atoms with Gasteiger partial charge in [-0.25, -0.2) is 14.5 Å². The van der Waals surface area contributed by atoms with E-state index in [0.717, 1.165) is 22.4 Å². The summed E-state index contributed by atoms with van der Waals surface area (Å²) in [5, 5.41) is 19.5. The zero-order chi connectivity index (χ0) is 29.9. The summed E-state index contributed by atoms with van der Waals surface area (Å²) in [7, 11) is 0. The molecule has 1 fully saturated rings. The summed E-state index contributed by atoms with van der Waals surface area (Å²) in [6.07, 6.45) is 5.39. The number of aromatic nitrogens is 3. The molecule has 4 rings (SSSR count). The molecule has 3 heterocycles. The van der Waals surface area contributed by atoms with Gasteiger partial charge < -0.3 is 20.6 Å². The number of fused-ring (bicyclic) bond motifs is 1. The van der Waals surface area contributed by atoms with Gasteiger partial charge in [0, 0.05) is 31.4 Å². The first-order chi connectivity index (χ1) is 19.4. The molecule has 0 spiro atoms. The minimum absolute atomic E-state index is 0.0303. The quantitative estimate of drug-likeness (QED) is 0.271. The highest BCUT2D eigenvalue weighted by molar-refractivity contribution is 7.22. The highest BCUT2D eigenvalue weighted by atomic mass is 32.1. The fourth-order valence-electron chi connectivity index (χ4n) is 4.90. The van der Waals surface area contributed by atoms with E-state index in [2.05, 4.69) is 39.0 Å². The van der Waals surface area contributed by atoms with Crippen LogP contribution in [0.15, 0.2) is 54.4 Å². The minimum Gasteiger partial charge on any atom is -0.389 e. The summed E-state index contributed by atoms with van der Waals surface area (Å²) >= 11 is 1.40. The maximum absolute atomic E-state index is 13.5. The fraction of sp³-hybridized carbons (Fsp3) is 0.379. The predicted molar refractivity (Wildman–Crippen MR) is 165 cm³/mol. The topological polar surface area (TPSA) is 134 Å². The van der Waals surface area contributed by atoms with Gasteiger partial charge >= 0.3 is 6.03 Å². The summed E-state index contributed by atoms with van der Waals surface area (Å²) in [6, 6.07) is 5.47. The van der Waals surface area contributed by atoms with E-state index in [9.17, 15) is 19.5 Å². The van der Waals surface area contributed by atoms with Crippen molar-refractivity contribution in [2.24, 2.45) is 0 Å². The van der Waals surface area contributed by atoms with Crippen LogP contribution in [0.5, 0.6) is 0 Å². The Balaban J connectivity index is 1.52. The number of thiazole rings is 1. The molecule has 41 heavy (non-hydrogen) atoms. The maximum Gasteiger partial charge on any atom is 0.321 e. The molecule has 1 aromatic carbocycles. The highest BCUT2D eigenvalue weighted by Gasteiger charge is 2.30. The van der Waals surface area contributed by atoms with E-state index in [1.165, 1.54) is 28.2 Å². The number of carbonyl (C=O) groups is 2. The van der Waals surface area contributed by atoms with Crippen LogP contribution in [0.1, 0.15) is 43.2 Å². The van der Waals surface area contributed by atoms with Gasteiger partial charge in [0.25, 0.3) is 11.5 Å². The normalized spacial score (nSPS) is 15.7. The molecule has 11 nitrogen and oxygen atoms in total. The standard InChI is InChI=1S/C29H37N7O4S/c1-7-10-20(8-2)36-26(38)24(18(4)35(36)17-29(5,6)40)25(37)31-19-13-14-34(16-19)21-11-12-22-23(15-21)41-28(32-22)33-27(39)30-9-3/h7-8,10-12,15,19,40H,1-2,9,13-14,16-17H2,3-6H3,(H,31,37)(H2,30,32,33,39)/b20-10+/t19-/m0/s1. The second-order valence-corrected chi connectivity index (χ2v) is 11.6. The van der Waals surface area contributed by atoms with Crippen LogP contribution >= 0.6 is 11.3 Å². The molecule has 3 aromatic rings. The molecule has 4 N–H and O–H groups in total. The lowest BCUT2D eigenvalue weighted by Crippen LogP contribution is -2.39. The van der Waals surface area contributed by atoms with E-state index in [1.54, 1.807) is 31.5 Å². The average Bonchev–Trinajstić information content (AvgIpc) is 3.58. The molecular formula is C29H37N7O4S. The number of aliphatic hydroxyl groups is 1. The Morgan fingerprint density at radius 3 is 2.71 bits per heavy atom. The van der Waals surface area contributed by atoms with E-state index in [4.69, 9.17) is 0 Å². The monoisotopic (exact) mass is 579 g/mol. The number of nitrogens with one attached hydrogen (secondary N) is 3. The van der Waals surface area contributed by atoms with E-state index >= 15 is 0 Å². The van der Waals surface area contributed by atoms with Crippen molar-refractivity contribution in [1.29, 1.82) is 0 Å². The molecule has 218 valence electrons. The third kappa shape index (κ3) is 6.60. The summed E-state index contributed by atoms with van der Waals surface area (Å²) in [5.74, 6) is -0.455. The number of benzene rings is 1. The summed E-state index contributed by atoms with van der Waals surface area (Å²) in [5.41, 5.74) is 1.10. The van der Waals surface area contributed by atoms with Gasteiger partial charge in [-0.1, -0.05) is 30.6 Å². The van der Waals surface area contributed by atoms with E-state index in [0.29, 0.717) is 36.0 Å². The van der Waals surface area contributed by atoms with Crippen LogP contribution in [0.3, 0.4) is 0 Å². The Morgan fingerprint density at radius 2 is 2.05 bits per heavy atom. The molecule has 0 radical (unpaired) electrons. The van der Waals surface area contributed by atoms with Crippen molar-refractivity contribution in [3.05, 3.63) is 71.2 Å². The lowest BCUT2D eigenvalue weighted by Gasteiger charge is -2.22. The van der Waals surface area contributed by atoms with Crippen LogP contribution < -0.4 is 26.4 Å². The van der Waals surface area contributed by atoms with Crippen LogP contribution in [0.25, 0.3) is 15.9 Å². The first-order valence-corrected chi connectivity index (χ1v) is 14.3. The number of rotatable bonds is 10. The molecule has 0 unspecified atom stereocenters. The zero-order valence-corrected chi connectivity index (χ0v) is 24.7. The smallest absolute Gasteiger partial charge is 0.321 e. The Morgan fingerprint density at radius 1 is 1.29 bits per heavy atom. The Hall–Kier alpha value is -4.16. The third-order valence-electron chi connectivity index (χ3n) is 6.72. The first-order valence-electron chi connectivity index (χ1n) is 13.5. The van der Waals surface area contributed by atoms with Crippen LogP contribution in [0, 0.1) is 6.92 Å². The molecule has 1 aliphatic rings. The average molecular weight is 580 g/mol. The van der Waals surface area contributed by atoms with Gasteiger partial charge in [-0.05, 0) is 64.5 Å². The van der Waals surface area contributed by atoms with Gasteiger partial charge in [-0.3, -0.25) is 19.6 Å². The number of hydrogen-bond donors (Lipinski definition) is 4.